The zero-order chi connectivity index (χ0) is 10.7. The van der Waals surface area contributed by atoms with E-state index < -0.39 is 11.3 Å². The Bertz CT molecular complexity index is 532. The fourth-order valence-electron chi connectivity index (χ4n) is 0.903. The largest absolute Gasteiger partial charge is 0.501 e. The summed E-state index contributed by atoms with van der Waals surface area (Å²) < 4.78 is 3.90. The van der Waals surface area contributed by atoms with Crippen molar-refractivity contribution in [3.8, 4) is 5.75 Å². The van der Waals surface area contributed by atoms with Crippen molar-refractivity contribution in [3.05, 3.63) is 34.1 Å². The van der Waals surface area contributed by atoms with Gasteiger partial charge in [0.2, 0.25) is 5.75 Å². The van der Waals surface area contributed by atoms with Gasteiger partial charge >= 0.3 is 0 Å². The number of pyridine rings is 1. The van der Waals surface area contributed by atoms with Gasteiger partial charge in [-0.2, -0.15) is 4.37 Å². The maximum atomic E-state index is 11.0. The van der Waals surface area contributed by atoms with E-state index in [0.717, 1.165) is 0 Å². The van der Waals surface area contributed by atoms with Crippen LogP contribution >= 0.6 is 11.5 Å². The van der Waals surface area contributed by atoms with Gasteiger partial charge in [-0.25, -0.2) is 0 Å². The van der Waals surface area contributed by atoms with Crippen LogP contribution in [0, 0.1) is 0 Å². The van der Waals surface area contributed by atoms with E-state index in [2.05, 4.69) is 19.6 Å². The normalized spacial score (nSPS) is 10.9. The molecule has 76 valence electrons. The molecule has 2 rings (SSSR count). The number of azo groups is 1. The van der Waals surface area contributed by atoms with Crippen molar-refractivity contribution < 1.29 is 5.11 Å². The lowest BCUT2D eigenvalue weighted by Crippen LogP contribution is -2.02. The van der Waals surface area contributed by atoms with Gasteiger partial charge in [0, 0.05) is 11.6 Å². The maximum Gasteiger partial charge on any atom is 0.292 e. The van der Waals surface area contributed by atoms with Crippen LogP contribution in [-0.2, 0) is 0 Å². The monoisotopic (exact) mass is 222 g/mol. The first-order chi connectivity index (χ1) is 7.27. The van der Waals surface area contributed by atoms with Crippen LogP contribution in [0.15, 0.2) is 38.7 Å². The molecular weight excluding hydrogens is 216 g/mol. The fourth-order valence-corrected chi connectivity index (χ4v) is 1.35. The van der Waals surface area contributed by atoms with Crippen LogP contribution in [0.5, 0.6) is 5.75 Å². The molecule has 0 radical (unpaired) electrons. The maximum absolute atomic E-state index is 11.0. The zero-order valence-corrected chi connectivity index (χ0v) is 8.23. The highest BCUT2D eigenvalue weighted by atomic mass is 32.1. The van der Waals surface area contributed by atoms with E-state index in [9.17, 15) is 9.90 Å². The van der Waals surface area contributed by atoms with E-state index >= 15 is 0 Å². The van der Waals surface area contributed by atoms with Gasteiger partial charge in [-0.05, 0) is 23.7 Å². The Hall–Kier alpha value is -2.02. The van der Waals surface area contributed by atoms with Crippen molar-refractivity contribution >= 4 is 23.0 Å². The molecule has 0 spiro atoms. The zero-order valence-electron chi connectivity index (χ0n) is 7.41. The Kier molecular flexibility index (Phi) is 2.55. The van der Waals surface area contributed by atoms with Crippen molar-refractivity contribution in [1.29, 1.82) is 0 Å². The van der Waals surface area contributed by atoms with Gasteiger partial charge in [0.15, 0.2) is 5.82 Å². The van der Waals surface area contributed by atoms with Gasteiger partial charge in [-0.3, -0.25) is 4.79 Å². The van der Waals surface area contributed by atoms with Crippen molar-refractivity contribution in [2.75, 3.05) is 0 Å². The number of H-pyrrole nitrogens is 1. The standard InChI is InChI=1S/C8H6N4O2S/c13-7-5(1-3-9-8(7)14)10-11-6-2-4-15-12-6/h1-4,13H,(H,9,14). The SMILES string of the molecule is O=c1[nH]ccc(N=Nc2ccsn2)c1O. The molecule has 0 saturated heterocycles. The highest BCUT2D eigenvalue weighted by Gasteiger charge is 2.02. The van der Waals surface area contributed by atoms with Gasteiger partial charge in [-0.1, -0.05) is 0 Å². The molecular formula is C8H6N4O2S. The van der Waals surface area contributed by atoms with E-state index in [1.807, 2.05) is 0 Å². The number of nitrogens with one attached hydrogen (secondary N) is 1. The minimum atomic E-state index is -0.593. The van der Waals surface area contributed by atoms with Crippen LogP contribution in [0.2, 0.25) is 0 Å². The molecule has 2 N–H and O–H groups in total. The van der Waals surface area contributed by atoms with Gasteiger partial charge in [0.1, 0.15) is 5.69 Å². The lowest BCUT2D eigenvalue weighted by Gasteiger charge is -1.93. The predicted molar refractivity (Wildman–Crippen MR) is 55.0 cm³/mol. The molecule has 6 nitrogen and oxygen atoms in total. The molecule has 0 aromatic carbocycles. The number of hydrogen-bond acceptors (Lipinski definition) is 6. The quantitative estimate of drug-likeness (QED) is 0.761. The van der Waals surface area contributed by atoms with Crippen LogP contribution in [0.25, 0.3) is 0 Å². The molecule has 0 saturated carbocycles. The molecule has 0 atom stereocenters. The molecule has 2 aromatic heterocycles. The molecule has 0 amide bonds. The summed E-state index contributed by atoms with van der Waals surface area (Å²) in [7, 11) is 0. The summed E-state index contributed by atoms with van der Waals surface area (Å²) in [5.41, 5.74) is -0.475. The summed E-state index contributed by atoms with van der Waals surface area (Å²) in [6.45, 7) is 0. The van der Waals surface area contributed by atoms with Crippen LogP contribution in [0.3, 0.4) is 0 Å². The lowest BCUT2D eigenvalue weighted by atomic mass is 10.4. The molecule has 0 aliphatic heterocycles. The van der Waals surface area contributed by atoms with E-state index in [1.54, 1.807) is 11.4 Å². The van der Waals surface area contributed by atoms with Gasteiger partial charge < -0.3 is 10.1 Å². The molecule has 2 aromatic rings. The second-order valence-electron chi connectivity index (χ2n) is 2.60. The summed E-state index contributed by atoms with van der Waals surface area (Å²) >= 11 is 1.25. The summed E-state index contributed by atoms with van der Waals surface area (Å²) in [6.07, 6.45) is 1.39. The van der Waals surface area contributed by atoms with Crippen LogP contribution in [-0.4, -0.2) is 14.5 Å². The summed E-state index contributed by atoms with van der Waals surface area (Å²) in [4.78, 5) is 13.3. The molecule has 0 bridgehead atoms. The number of hydrogen-bond donors (Lipinski definition) is 2. The van der Waals surface area contributed by atoms with E-state index in [0.29, 0.717) is 5.82 Å². The number of aromatic nitrogens is 2. The molecule has 0 fully saturated rings. The highest BCUT2D eigenvalue weighted by molar-refractivity contribution is 7.03. The second-order valence-corrected chi connectivity index (χ2v) is 3.26. The molecule has 0 aliphatic carbocycles. The van der Waals surface area contributed by atoms with E-state index in [-0.39, 0.29) is 5.69 Å². The van der Waals surface area contributed by atoms with Gasteiger partial charge in [0.05, 0.1) is 0 Å². The van der Waals surface area contributed by atoms with Crippen molar-refractivity contribution in [3.63, 3.8) is 0 Å². The van der Waals surface area contributed by atoms with Crippen LogP contribution < -0.4 is 5.56 Å². The number of aromatic amines is 1. The summed E-state index contributed by atoms with van der Waals surface area (Å²) in [6, 6.07) is 3.13. The third-order valence-corrected chi connectivity index (χ3v) is 2.15. The van der Waals surface area contributed by atoms with Crippen molar-refractivity contribution in [2.45, 2.75) is 0 Å². The second kappa shape index (κ2) is 4.01. The number of rotatable bonds is 2. The van der Waals surface area contributed by atoms with Crippen molar-refractivity contribution in [2.24, 2.45) is 10.2 Å². The molecule has 0 aliphatic rings. The molecule has 2 heterocycles. The number of nitrogens with zero attached hydrogens (tertiary/aromatic N) is 3. The Morgan fingerprint density at radius 3 is 3.00 bits per heavy atom. The van der Waals surface area contributed by atoms with E-state index in [1.165, 1.54) is 23.8 Å². The Morgan fingerprint density at radius 1 is 1.40 bits per heavy atom. The Morgan fingerprint density at radius 2 is 2.27 bits per heavy atom. The first-order valence-corrected chi connectivity index (χ1v) is 4.84. The molecule has 0 unspecified atom stereocenters. The Labute approximate surface area is 88.1 Å². The number of aromatic hydroxyl groups is 1. The predicted octanol–water partition coefficient (Wildman–Crippen LogP) is 1.95. The fraction of sp³-hybridized carbons (Fsp3) is 0. The van der Waals surface area contributed by atoms with Gasteiger partial charge in [0.25, 0.3) is 5.56 Å². The average molecular weight is 222 g/mol. The Balaban J connectivity index is 2.32. The average Bonchev–Trinajstić information content (AvgIpc) is 2.73. The first kappa shape index (κ1) is 9.53. The molecule has 15 heavy (non-hydrogen) atoms. The smallest absolute Gasteiger partial charge is 0.292 e. The highest BCUT2D eigenvalue weighted by Crippen LogP contribution is 2.22. The minimum Gasteiger partial charge on any atom is -0.501 e. The van der Waals surface area contributed by atoms with E-state index in [4.69, 9.17) is 0 Å². The summed E-state index contributed by atoms with van der Waals surface area (Å²) in [5.74, 6) is -0.00355. The first-order valence-electron chi connectivity index (χ1n) is 4.00. The van der Waals surface area contributed by atoms with Crippen LogP contribution in [0.4, 0.5) is 11.5 Å². The lowest BCUT2D eigenvalue weighted by molar-refractivity contribution is 0.468. The van der Waals surface area contributed by atoms with Crippen molar-refractivity contribution in [1.82, 2.24) is 9.36 Å². The molecule has 7 heteroatoms. The third-order valence-electron chi connectivity index (χ3n) is 1.60. The topological polar surface area (TPSA) is 90.7 Å². The summed E-state index contributed by atoms with van der Waals surface area (Å²) in [5, 5.41) is 18.5. The third kappa shape index (κ3) is 2.08. The van der Waals surface area contributed by atoms with Gasteiger partial charge in [-0.15, -0.1) is 10.2 Å². The minimum absolute atomic E-state index is 0.117. The van der Waals surface area contributed by atoms with Crippen LogP contribution in [0.1, 0.15) is 0 Å².